The zero-order valence-corrected chi connectivity index (χ0v) is 7.89. The summed E-state index contributed by atoms with van der Waals surface area (Å²) >= 11 is 0. The summed E-state index contributed by atoms with van der Waals surface area (Å²) in [6.07, 6.45) is 2.58. The van der Waals surface area contributed by atoms with E-state index >= 15 is 0 Å². The highest BCUT2D eigenvalue weighted by Gasteiger charge is 2.09. The molecule has 0 bridgehead atoms. The van der Waals surface area contributed by atoms with Gasteiger partial charge in [-0.25, -0.2) is 0 Å². The van der Waals surface area contributed by atoms with Gasteiger partial charge in [0.2, 0.25) is 0 Å². The summed E-state index contributed by atoms with van der Waals surface area (Å²) < 4.78 is 5.35. The molecule has 0 aromatic heterocycles. The van der Waals surface area contributed by atoms with Crippen molar-refractivity contribution < 1.29 is 14.8 Å². The fourth-order valence-electron chi connectivity index (χ4n) is 0.996. The summed E-state index contributed by atoms with van der Waals surface area (Å²) in [6, 6.07) is 6.65. The predicted molar refractivity (Wildman–Crippen MR) is 56.6 cm³/mol. The summed E-state index contributed by atoms with van der Waals surface area (Å²) in [5.41, 5.74) is 0.459. The van der Waals surface area contributed by atoms with Crippen LogP contribution in [0.1, 0.15) is 6.42 Å². The second kappa shape index (κ2) is 5.47. The number of ether oxygens (including phenoxy) is 1. The number of benzene rings is 1. The molecule has 0 amide bonds. The lowest BCUT2D eigenvalue weighted by Crippen LogP contribution is -2.29. The van der Waals surface area contributed by atoms with Gasteiger partial charge in [-0.15, -0.1) is 6.58 Å². The van der Waals surface area contributed by atoms with Crippen molar-refractivity contribution in [2.45, 2.75) is 6.42 Å². The molecular weight excluding hydrogens is 179 g/mol. The Morgan fingerprint density at radius 2 is 1.93 bits per heavy atom. The number of hydrogen-bond donors (Lipinski definition) is 2. The molecule has 0 spiro atoms. The van der Waals surface area contributed by atoms with Crippen molar-refractivity contribution in [2.24, 2.45) is 0 Å². The van der Waals surface area contributed by atoms with Crippen molar-refractivity contribution in [1.82, 2.24) is 0 Å². The van der Waals surface area contributed by atoms with Crippen molar-refractivity contribution >= 4 is 12.6 Å². The van der Waals surface area contributed by atoms with Crippen molar-refractivity contribution in [1.29, 1.82) is 0 Å². The monoisotopic (exact) mass is 192 g/mol. The molecule has 1 rings (SSSR count). The van der Waals surface area contributed by atoms with Crippen LogP contribution < -0.4 is 10.2 Å². The lowest BCUT2D eigenvalue weighted by Gasteiger charge is -2.05. The third kappa shape index (κ3) is 3.24. The predicted octanol–water partition coefficient (Wildman–Crippen LogP) is 0.321. The van der Waals surface area contributed by atoms with Gasteiger partial charge < -0.3 is 14.8 Å². The first kappa shape index (κ1) is 10.8. The molecule has 3 nitrogen and oxygen atoms in total. The highest BCUT2D eigenvalue weighted by molar-refractivity contribution is 6.58. The minimum Gasteiger partial charge on any atom is -0.493 e. The smallest absolute Gasteiger partial charge is 0.488 e. The molecule has 0 atom stereocenters. The SMILES string of the molecule is C=CCCOc1ccc(B(O)O)cc1. The first-order valence-corrected chi connectivity index (χ1v) is 4.44. The van der Waals surface area contributed by atoms with Crippen molar-refractivity contribution in [2.75, 3.05) is 6.61 Å². The standard InChI is InChI=1S/C10H13BO3/c1-2-3-8-14-10-6-4-9(5-7-10)11(12)13/h2,4-7,12-13H,1,3,8H2. The summed E-state index contributed by atoms with van der Waals surface area (Å²) in [4.78, 5) is 0. The highest BCUT2D eigenvalue weighted by atomic mass is 16.5. The Bertz CT molecular complexity index is 282. The molecule has 14 heavy (non-hydrogen) atoms. The van der Waals surface area contributed by atoms with E-state index in [9.17, 15) is 0 Å². The first-order chi connectivity index (χ1) is 6.74. The Morgan fingerprint density at radius 1 is 1.29 bits per heavy atom. The number of rotatable bonds is 5. The van der Waals surface area contributed by atoms with Crippen LogP contribution in [-0.4, -0.2) is 23.8 Å². The second-order valence-corrected chi connectivity index (χ2v) is 2.87. The fourth-order valence-corrected chi connectivity index (χ4v) is 0.996. The van der Waals surface area contributed by atoms with Crippen LogP contribution in [0.3, 0.4) is 0 Å². The molecule has 0 radical (unpaired) electrons. The maximum absolute atomic E-state index is 8.83. The quantitative estimate of drug-likeness (QED) is 0.401. The zero-order valence-electron chi connectivity index (χ0n) is 7.89. The van der Waals surface area contributed by atoms with Crippen molar-refractivity contribution in [3.63, 3.8) is 0 Å². The van der Waals surface area contributed by atoms with Gasteiger partial charge in [0, 0.05) is 0 Å². The normalized spacial score (nSPS) is 9.57. The van der Waals surface area contributed by atoms with Crippen LogP contribution in [0.4, 0.5) is 0 Å². The molecule has 0 aliphatic heterocycles. The molecule has 2 N–H and O–H groups in total. The Kier molecular flexibility index (Phi) is 4.23. The molecule has 0 saturated heterocycles. The van der Waals surface area contributed by atoms with Gasteiger partial charge in [0.1, 0.15) is 5.75 Å². The summed E-state index contributed by atoms with van der Waals surface area (Å²) in [7, 11) is -1.42. The molecule has 0 aliphatic carbocycles. The average Bonchev–Trinajstić information content (AvgIpc) is 2.19. The topological polar surface area (TPSA) is 49.7 Å². The summed E-state index contributed by atoms with van der Waals surface area (Å²) in [5.74, 6) is 0.719. The Balaban J connectivity index is 2.51. The van der Waals surface area contributed by atoms with E-state index in [1.807, 2.05) is 0 Å². The average molecular weight is 192 g/mol. The molecule has 0 fully saturated rings. The second-order valence-electron chi connectivity index (χ2n) is 2.87. The molecular formula is C10H13BO3. The van der Waals surface area contributed by atoms with E-state index in [1.165, 1.54) is 0 Å². The lowest BCUT2D eigenvalue weighted by atomic mass is 9.80. The Morgan fingerprint density at radius 3 is 2.43 bits per heavy atom. The molecule has 1 aromatic carbocycles. The zero-order chi connectivity index (χ0) is 10.4. The molecule has 74 valence electrons. The van der Waals surface area contributed by atoms with E-state index in [1.54, 1.807) is 30.3 Å². The Hall–Kier alpha value is -1.26. The summed E-state index contributed by atoms with van der Waals surface area (Å²) in [6.45, 7) is 4.17. The van der Waals surface area contributed by atoms with Gasteiger partial charge in [-0.2, -0.15) is 0 Å². The van der Waals surface area contributed by atoms with Crippen molar-refractivity contribution in [3.8, 4) is 5.75 Å². The van der Waals surface area contributed by atoms with E-state index < -0.39 is 7.12 Å². The third-order valence-corrected chi connectivity index (χ3v) is 1.77. The molecule has 0 unspecified atom stereocenters. The van der Waals surface area contributed by atoms with Crippen LogP contribution in [0.2, 0.25) is 0 Å². The first-order valence-electron chi connectivity index (χ1n) is 4.44. The molecule has 4 heteroatoms. The van der Waals surface area contributed by atoms with Crippen molar-refractivity contribution in [3.05, 3.63) is 36.9 Å². The van der Waals surface area contributed by atoms with E-state index in [2.05, 4.69) is 6.58 Å². The Labute approximate surface area is 83.8 Å². The summed E-state index contributed by atoms with van der Waals surface area (Å²) in [5, 5.41) is 17.7. The minimum atomic E-state index is -1.42. The van der Waals surface area contributed by atoms with Gasteiger partial charge in [0.25, 0.3) is 0 Å². The fraction of sp³-hybridized carbons (Fsp3) is 0.200. The van der Waals surface area contributed by atoms with Gasteiger partial charge in [-0.3, -0.25) is 0 Å². The van der Waals surface area contributed by atoms with Crippen LogP contribution in [0, 0.1) is 0 Å². The maximum Gasteiger partial charge on any atom is 0.488 e. The van der Waals surface area contributed by atoms with E-state index in [-0.39, 0.29) is 0 Å². The minimum absolute atomic E-state index is 0.459. The third-order valence-electron chi connectivity index (χ3n) is 1.77. The van der Waals surface area contributed by atoms with Gasteiger partial charge >= 0.3 is 7.12 Å². The van der Waals surface area contributed by atoms with Crippen LogP contribution in [0.25, 0.3) is 0 Å². The van der Waals surface area contributed by atoms with E-state index in [4.69, 9.17) is 14.8 Å². The highest BCUT2D eigenvalue weighted by Crippen LogP contribution is 2.07. The van der Waals surface area contributed by atoms with Crippen LogP contribution >= 0.6 is 0 Å². The molecule has 1 aromatic rings. The van der Waals surface area contributed by atoms with Crippen LogP contribution in [0.15, 0.2) is 36.9 Å². The molecule has 0 saturated carbocycles. The lowest BCUT2D eigenvalue weighted by molar-refractivity contribution is 0.325. The van der Waals surface area contributed by atoms with Gasteiger partial charge in [-0.05, 0) is 24.0 Å². The van der Waals surface area contributed by atoms with E-state index in [0.29, 0.717) is 12.1 Å². The van der Waals surface area contributed by atoms with Gasteiger partial charge in [-0.1, -0.05) is 18.2 Å². The van der Waals surface area contributed by atoms with Gasteiger partial charge in [0.05, 0.1) is 6.61 Å². The molecule has 0 heterocycles. The number of hydrogen-bond acceptors (Lipinski definition) is 3. The largest absolute Gasteiger partial charge is 0.493 e. The molecule has 0 aliphatic rings. The van der Waals surface area contributed by atoms with Gasteiger partial charge in [0.15, 0.2) is 0 Å². The maximum atomic E-state index is 8.83. The van der Waals surface area contributed by atoms with Crippen LogP contribution in [-0.2, 0) is 0 Å². The van der Waals surface area contributed by atoms with Crippen LogP contribution in [0.5, 0.6) is 5.75 Å². The van der Waals surface area contributed by atoms with E-state index in [0.717, 1.165) is 12.2 Å².